The van der Waals surface area contributed by atoms with Gasteiger partial charge in [-0.1, -0.05) is 27.7 Å². The van der Waals surface area contributed by atoms with Crippen molar-refractivity contribution in [3.05, 3.63) is 0 Å². The van der Waals surface area contributed by atoms with Gasteiger partial charge in [0.1, 0.15) is 0 Å². The molecule has 1 fully saturated rings. The highest BCUT2D eigenvalue weighted by Crippen LogP contribution is 2.32. The Morgan fingerprint density at radius 1 is 0.909 bits per heavy atom. The Balaban J connectivity index is 2.51. The lowest BCUT2D eigenvalue weighted by Crippen LogP contribution is -2.22. The first-order chi connectivity index (χ1) is 5.13. The molecule has 0 saturated carbocycles. The second-order valence-electron chi connectivity index (χ2n) is 4.35. The summed E-state index contributed by atoms with van der Waals surface area (Å²) >= 11 is 0. The van der Waals surface area contributed by atoms with Gasteiger partial charge in [-0.15, -0.1) is 0 Å². The Morgan fingerprint density at radius 3 is 1.55 bits per heavy atom. The Kier molecular flexibility index (Phi) is 2.94. The number of hydrogen-bond acceptors (Lipinski definition) is 1. The monoisotopic (exact) mass is 156 g/mol. The molecule has 0 unspecified atom stereocenters. The summed E-state index contributed by atoms with van der Waals surface area (Å²) in [5, 5.41) is 0. The maximum Gasteiger partial charge on any atom is 0.0500 e. The largest absolute Gasteiger partial charge is 0.381 e. The predicted molar refractivity (Wildman–Crippen MR) is 47.5 cm³/mol. The second-order valence-corrected chi connectivity index (χ2v) is 4.35. The van der Waals surface area contributed by atoms with Crippen molar-refractivity contribution in [2.45, 2.75) is 27.7 Å². The lowest BCUT2D eigenvalue weighted by atomic mass is 9.80. The van der Waals surface area contributed by atoms with Crippen LogP contribution in [0.4, 0.5) is 0 Å². The molecule has 0 N–H and O–H groups in total. The smallest absolute Gasteiger partial charge is 0.0500 e. The summed E-state index contributed by atoms with van der Waals surface area (Å²) in [7, 11) is 0. The molecule has 0 radical (unpaired) electrons. The molecule has 0 aromatic rings. The van der Waals surface area contributed by atoms with E-state index in [1.165, 1.54) is 0 Å². The molecule has 0 amide bonds. The third-order valence-electron chi connectivity index (χ3n) is 2.88. The van der Waals surface area contributed by atoms with Crippen molar-refractivity contribution >= 4 is 0 Å². The van der Waals surface area contributed by atoms with Gasteiger partial charge in [-0.25, -0.2) is 0 Å². The summed E-state index contributed by atoms with van der Waals surface area (Å²) in [5.74, 6) is 3.17. The topological polar surface area (TPSA) is 9.23 Å². The van der Waals surface area contributed by atoms with E-state index in [2.05, 4.69) is 27.7 Å². The maximum absolute atomic E-state index is 5.49. The van der Waals surface area contributed by atoms with Gasteiger partial charge >= 0.3 is 0 Å². The van der Waals surface area contributed by atoms with Gasteiger partial charge in [0.15, 0.2) is 0 Å². The zero-order valence-electron chi connectivity index (χ0n) is 8.13. The normalized spacial score (nSPS) is 32.2. The van der Waals surface area contributed by atoms with Crippen LogP contribution in [0.15, 0.2) is 0 Å². The fourth-order valence-electron chi connectivity index (χ4n) is 1.96. The fourth-order valence-corrected chi connectivity index (χ4v) is 1.96. The molecule has 0 aromatic carbocycles. The van der Waals surface area contributed by atoms with Crippen LogP contribution >= 0.6 is 0 Å². The Hall–Kier alpha value is -0.0400. The molecule has 1 heterocycles. The van der Waals surface area contributed by atoms with Crippen molar-refractivity contribution in [2.75, 3.05) is 13.2 Å². The highest BCUT2D eigenvalue weighted by atomic mass is 16.5. The van der Waals surface area contributed by atoms with Crippen molar-refractivity contribution in [2.24, 2.45) is 23.7 Å². The standard InChI is InChI=1S/C10H20O/c1-7(2)9-5-11-6-10(9)8(3)4/h7-10H,5-6H2,1-4H3/t9-,10-/m0/s1. The third-order valence-corrected chi connectivity index (χ3v) is 2.88. The minimum atomic E-state index is 0.782. The van der Waals surface area contributed by atoms with Crippen LogP contribution in [0.1, 0.15) is 27.7 Å². The fraction of sp³-hybridized carbons (Fsp3) is 1.00. The Bertz CT molecular complexity index is 104. The lowest BCUT2D eigenvalue weighted by molar-refractivity contribution is 0.172. The van der Waals surface area contributed by atoms with Gasteiger partial charge in [-0.05, 0) is 23.7 Å². The van der Waals surface area contributed by atoms with Crippen molar-refractivity contribution in [1.29, 1.82) is 0 Å². The van der Waals surface area contributed by atoms with Gasteiger partial charge in [0, 0.05) is 13.2 Å². The summed E-state index contributed by atoms with van der Waals surface area (Å²) in [4.78, 5) is 0. The van der Waals surface area contributed by atoms with Crippen LogP contribution in [0.5, 0.6) is 0 Å². The molecule has 66 valence electrons. The highest BCUT2D eigenvalue weighted by Gasteiger charge is 2.32. The molecule has 0 aromatic heterocycles. The SMILES string of the molecule is CC(C)[C@@H]1COC[C@H]1C(C)C. The molecule has 11 heavy (non-hydrogen) atoms. The van der Waals surface area contributed by atoms with Crippen molar-refractivity contribution in [3.63, 3.8) is 0 Å². The van der Waals surface area contributed by atoms with E-state index in [1.54, 1.807) is 0 Å². The van der Waals surface area contributed by atoms with Gasteiger partial charge in [0.05, 0.1) is 0 Å². The lowest BCUT2D eigenvalue weighted by Gasteiger charge is -2.23. The molecule has 1 aliphatic rings. The van der Waals surface area contributed by atoms with Gasteiger partial charge in [0.2, 0.25) is 0 Å². The number of rotatable bonds is 2. The van der Waals surface area contributed by atoms with Crippen LogP contribution in [0, 0.1) is 23.7 Å². The molecule has 1 saturated heterocycles. The molecular weight excluding hydrogens is 136 g/mol. The quantitative estimate of drug-likeness (QED) is 0.597. The van der Waals surface area contributed by atoms with Crippen LogP contribution in [0.3, 0.4) is 0 Å². The minimum Gasteiger partial charge on any atom is -0.381 e. The van der Waals surface area contributed by atoms with E-state index < -0.39 is 0 Å². The molecule has 0 aliphatic carbocycles. The zero-order chi connectivity index (χ0) is 8.43. The van der Waals surface area contributed by atoms with E-state index in [4.69, 9.17) is 4.74 Å². The number of ether oxygens (including phenoxy) is 1. The summed E-state index contributed by atoms with van der Waals surface area (Å²) in [5.41, 5.74) is 0. The summed E-state index contributed by atoms with van der Waals surface area (Å²) < 4.78 is 5.49. The first-order valence-corrected chi connectivity index (χ1v) is 4.70. The van der Waals surface area contributed by atoms with Gasteiger partial charge < -0.3 is 4.74 Å². The second kappa shape index (κ2) is 3.57. The van der Waals surface area contributed by atoms with E-state index >= 15 is 0 Å². The Morgan fingerprint density at radius 2 is 1.27 bits per heavy atom. The molecule has 1 nitrogen and oxygen atoms in total. The minimum absolute atomic E-state index is 0.782. The van der Waals surface area contributed by atoms with Crippen LogP contribution < -0.4 is 0 Å². The average molecular weight is 156 g/mol. The average Bonchev–Trinajstić information content (AvgIpc) is 2.32. The third kappa shape index (κ3) is 1.96. The highest BCUT2D eigenvalue weighted by molar-refractivity contribution is 4.79. The van der Waals surface area contributed by atoms with Crippen LogP contribution in [0.2, 0.25) is 0 Å². The van der Waals surface area contributed by atoms with Gasteiger partial charge in [-0.3, -0.25) is 0 Å². The zero-order valence-corrected chi connectivity index (χ0v) is 8.13. The van der Waals surface area contributed by atoms with E-state index in [9.17, 15) is 0 Å². The van der Waals surface area contributed by atoms with Crippen LogP contribution in [0.25, 0.3) is 0 Å². The summed E-state index contributed by atoms with van der Waals surface area (Å²) in [6.45, 7) is 11.2. The maximum atomic E-state index is 5.49. The summed E-state index contributed by atoms with van der Waals surface area (Å²) in [6, 6.07) is 0. The Labute approximate surface area is 70.1 Å². The molecule has 1 heteroatoms. The molecule has 0 bridgehead atoms. The van der Waals surface area contributed by atoms with Gasteiger partial charge in [-0.2, -0.15) is 0 Å². The van der Waals surface area contributed by atoms with Gasteiger partial charge in [0.25, 0.3) is 0 Å². The predicted octanol–water partition coefficient (Wildman–Crippen LogP) is 2.56. The van der Waals surface area contributed by atoms with Crippen molar-refractivity contribution in [3.8, 4) is 0 Å². The van der Waals surface area contributed by atoms with E-state index in [0.29, 0.717) is 0 Å². The first kappa shape index (κ1) is 9.05. The number of hydrogen-bond donors (Lipinski definition) is 0. The molecular formula is C10H20O. The van der Waals surface area contributed by atoms with Crippen LogP contribution in [-0.2, 0) is 4.74 Å². The van der Waals surface area contributed by atoms with E-state index in [0.717, 1.165) is 36.9 Å². The summed E-state index contributed by atoms with van der Waals surface area (Å²) in [6.07, 6.45) is 0. The van der Waals surface area contributed by atoms with E-state index in [-0.39, 0.29) is 0 Å². The van der Waals surface area contributed by atoms with Crippen molar-refractivity contribution in [1.82, 2.24) is 0 Å². The molecule has 0 spiro atoms. The molecule has 2 atom stereocenters. The van der Waals surface area contributed by atoms with Crippen LogP contribution in [-0.4, -0.2) is 13.2 Å². The molecule has 1 aliphatic heterocycles. The first-order valence-electron chi connectivity index (χ1n) is 4.70. The molecule has 1 rings (SSSR count). The van der Waals surface area contributed by atoms with Crippen molar-refractivity contribution < 1.29 is 4.74 Å². The van der Waals surface area contributed by atoms with E-state index in [1.807, 2.05) is 0 Å².